The van der Waals surface area contributed by atoms with E-state index >= 15 is 0 Å². The van der Waals surface area contributed by atoms with Crippen LogP contribution in [0.2, 0.25) is 0 Å². The van der Waals surface area contributed by atoms with E-state index in [1.807, 2.05) is 13.0 Å². The number of halogens is 1. The van der Waals surface area contributed by atoms with E-state index in [0.717, 1.165) is 5.56 Å². The Kier molecular flexibility index (Phi) is 3.25. The molecule has 0 radical (unpaired) electrons. The number of hydrogen-bond donors (Lipinski definition) is 2. The van der Waals surface area contributed by atoms with Gasteiger partial charge in [0, 0.05) is 16.5 Å². The van der Waals surface area contributed by atoms with Gasteiger partial charge in [0.2, 0.25) is 5.78 Å². The summed E-state index contributed by atoms with van der Waals surface area (Å²) in [5.74, 6) is -2.11. The number of rotatable bonds is 3. The molecule has 1 heterocycles. The van der Waals surface area contributed by atoms with Crippen LogP contribution in [0.4, 0.5) is 4.39 Å². The molecule has 5 heteroatoms. The van der Waals surface area contributed by atoms with Gasteiger partial charge in [0.1, 0.15) is 11.5 Å². The fourth-order valence-electron chi connectivity index (χ4n) is 2.44. The van der Waals surface area contributed by atoms with Crippen molar-refractivity contribution in [3.63, 3.8) is 0 Å². The Hall–Kier alpha value is -2.95. The molecule has 0 aliphatic heterocycles. The predicted molar refractivity (Wildman–Crippen MR) is 79.8 cm³/mol. The van der Waals surface area contributed by atoms with Crippen LogP contribution in [0.15, 0.2) is 42.5 Å². The van der Waals surface area contributed by atoms with Crippen molar-refractivity contribution in [3.05, 3.63) is 70.7 Å². The zero-order valence-corrected chi connectivity index (χ0v) is 11.7. The largest absolute Gasteiger partial charge is 0.478 e. The Morgan fingerprint density at radius 2 is 1.77 bits per heavy atom. The highest BCUT2D eigenvalue weighted by atomic mass is 19.1. The van der Waals surface area contributed by atoms with E-state index in [1.165, 1.54) is 24.3 Å². The highest BCUT2D eigenvalue weighted by molar-refractivity contribution is 6.18. The van der Waals surface area contributed by atoms with Gasteiger partial charge in [-0.2, -0.15) is 0 Å². The number of nitrogens with one attached hydrogen (secondary N) is 1. The van der Waals surface area contributed by atoms with Crippen molar-refractivity contribution in [1.82, 2.24) is 4.98 Å². The van der Waals surface area contributed by atoms with E-state index in [0.29, 0.717) is 10.9 Å². The third-order valence-electron chi connectivity index (χ3n) is 3.50. The number of aromatic carboxylic acids is 1. The van der Waals surface area contributed by atoms with Gasteiger partial charge in [-0.1, -0.05) is 11.6 Å². The molecule has 0 atom stereocenters. The van der Waals surface area contributed by atoms with Gasteiger partial charge in [-0.3, -0.25) is 4.79 Å². The number of hydrogen-bond acceptors (Lipinski definition) is 2. The van der Waals surface area contributed by atoms with E-state index < -0.39 is 17.6 Å². The maximum absolute atomic E-state index is 13.0. The molecule has 22 heavy (non-hydrogen) atoms. The molecule has 0 aliphatic carbocycles. The van der Waals surface area contributed by atoms with Gasteiger partial charge < -0.3 is 10.1 Å². The van der Waals surface area contributed by atoms with Crippen molar-refractivity contribution in [2.75, 3.05) is 0 Å². The van der Waals surface area contributed by atoms with Crippen LogP contribution >= 0.6 is 0 Å². The molecule has 3 rings (SSSR count). The maximum atomic E-state index is 13.0. The monoisotopic (exact) mass is 297 g/mol. The predicted octanol–water partition coefficient (Wildman–Crippen LogP) is 3.54. The third kappa shape index (κ3) is 2.26. The topological polar surface area (TPSA) is 70.2 Å². The van der Waals surface area contributed by atoms with Gasteiger partial charge in [0.25, 0.3) is 0 Å². The number of carbonyl (C=O) groups is 2. The molecule has 0 aliphatic rings. The number of carboxylic acids is 1. The normalized spacial score (nSPS) is 10.8. The van der Waals surface area contributed by atoms with Crippen molar-refractivity contribution in [2.45, 2.75) is 6.92 Å². The smallest absolute Gasteiger partial charge is 0.338 e. The van der Waals surface area contributed by atoms with Crippen LogP contribution in [0.5, 0.6) is 0 Å². The molecule has 1 aromatic heterocycles. The van der Waals surface area contributed by atoms with Gasteiger partial charge >= 0.3 is 5.97 Å². The first-order valence-electron chi connectivity index (χ1n) is 6.63. The summed E-state index contributed by atoms with van der Waals surface area (Å²) in [6.45, 7) is 1.85. The van der Waals surface area contributed by atoms with Crippen LogP contribution in [0.1, 0.15) is 32.0 Å². The summed E-state index contributed by atoms with van der Waals surface area (Å²) in [4.78, 5) is 26.9. The van der Waals surface area contributed by atoms with Crippen molar-refractivity contribution in [3.8, 4) is 0 Å². The Bertz CT molecular complexity index is 894. The van der Waals surface area contributed by atoms with E-state index in [1.54, 1.807) is 12.1 Å². The van der Waals surface area contributed by atoms with Gasteiger partial charge in [-0.25, -0.2) is 9.18 Å². The molecule has 2 aromatic carbocycles. The summed E-state index contributed by atoms with van der Waals surface area (Å²) in [5, 5.41) is 9.94. The number of H-pyrrole nitrogens is 1. The molecule has 4 nitrogen and oxygen atoms in total. The van der Waals surface area contributed by atoms with Crippen LogP contribution in [0.25, 0.3) is 10.9 Å². The molecule has 0 amide bonds. The SMILES string of the molecule is Cc1ccc2[nH]c(C(=O)c3ccc(F)cc3)c(C(=O)O)c2c1. The molecule has 0 unspecified atom stereocenters. The molecule has 0 saturated heterocycles. The Balaban J connectivity index is 2.21. The van der Waals surface area contributed by atoms with Crippen LogP contribution in [-0.2, 0) is 0 Å². The molecular weight excluding hydrogens is 285 g/mol. The summed E-state index contributed by atoms with van der Waals surface area (Å²) < 4.78 is 13.0. The van der Waals surface area contributed by atoms with Gasteiger partial charge in [-0.05, 0) is 43.3 Å². The first-order valence-corrected chi connectivity index (χ1v) is 6.63. The fraction of sp³-hybridized carbons (Fsp3) is 0.0588. The Morgan fingerprint density at radius 1 is 1.09 bits per heavy atom. The lowest BCUT2D eigenvalue weighted by atomic mass is 10.0. The summed E-state index contributed by atoms with van der Waals surface area (Å²) >= 11 is 0. The van der Waals surface area contributed by atoms with Crippen LogP contribution in [-0.4, -0.2) is 21.8 Å². The third-order valence-corrected chi connectivity index (χ3v) is 3.50. The quantitative estimate of drug-likeness (QED) is 0.726. The van der Waals surface area contributed by atoms with Crippen molar-refractivity contribution < 1.29 is 19.1 Å². The molecule has 0 fully saturated rings. The highest BCUT2D eigenvalue weighted by Crippen LogP contribution is 2.25. The van der Waals surface area contributed by atoms with Crippen molar-refractivity contribution >= 4 is 22.7 Å². The lowest BCUT2D eigenvalue weighted by Gasteiger charge is -2.01. The van der Waals surface area contributed by atoms with Crippen molar-refractivity contribution in [2.24, 2.45) is 0 Å². The number of aromatic nitrogens is 1. The molecular formula is C17H12FNO3. The first-order chi connectivity index (χ1) is 10.5. The number of aryl methyl sites for hydroxylation is 1. The minimum atomic E-state index is -1.18. The maximum Gasteiger partial charge on any atom is 0.338 e. The number of fused-ring (bicyclic) bond motifs is 1. The van der Waals surface area contributed by atoms with E-state index in [9.17, 15) is 19.1 Å². The van der Waals surface area contributed by atoms with Crippen LogP contribution < -0.4 is 0 Å². The molecule has 0 saturated carbocycles. The number of carbonyl (C=O) groups excluding carboxylic acids is 1. The fourth-order valence-corrected chi connectivity index (χ4v) is 2.44. The average molecular weight is 297 g/mol. The van der Waals surface area contributed by atoms with Gasteiger partial charge in [0.05, 0.1) is 5.56 Å². The van der Waals surface area contributed by atoms with E-state index in [4.69, 9.17) is 0 Å². The number of aromatic amines is 1. The molecule has 0 spiro atoms. The molecule has 2 N–H and O–H groups in total. The molecule has 3 aromatic rings. The minimum Gasteiger partial charge on any atom is -0.478 e. The highest BCUT2D eigenvalue weighted by Gasteiger charge is 2.23. The zero-order valence-electron chi connectivity index (χ0n) is 11.7. The first kappa shape index (κ1) is 14.0. The number of carboxylic acid groups (broad SMARTS) is 1. The summed E-state index contributed by atoms with van der Waals surface area (Å²) in [7, 11) is 0. The number of benzene rings is 2. The van der Waals surface area contributed by atoms with Gasteiger partial charge in [-0.15, -0.1) is 0 Å². The summed E-state index contributed by atoms with van der Waals surface area (Å²) in [5.41, 5.74) is 1.64. The standard InChI is InChI=1S/C17H12FNO3/c1-9-2-7-13-12(8-9)14(17(21)22)15(19-13)16(20)10-3-5-11(18)6-4-10/h2-8,19H,1H3,(H,21,22). The summed E-state index contributed by atoms with van der Waals surface area (Å²) in [6, 6.07) is 10.3. The molecule has 110 valence electrons. The lowest BCUT2D eigenvalue weighted by molar-refractivity contribution is 0.0695. The second kappa shape index (κ2) is 5.11. The van der Waals surface area contributed by atoms with Gasteiger partial charge in [0.15, 0.2) is 0 Å². The van der Waals surface area contributed by atoms with Crippen LogP contribution in [0.3, 0.4) is 0 Å². The number of ketones is 1. The second-order valence-corrected chi connectivity index (χ2v) is 5.07. The minimum absolute atomic E-state index is 0.000270. The van der Waals surface area contributed by atoms with Crippen molar-refractivity contribution in [1.29, 1.82) is 0 Å². The summed E-state index contributed by atoms with van der Waals surface area (Å²) in [6.07, 6.45) is 0. The van der Waals surface area contributed by atoms with Crippen LogP contribution in [0, 0.1) is 12.7 Å². The Labute approximate surface area is 125 Å². The average Bonchev–Trinajstić information content (AvgIpc) is 2.85. The zero-order chi connectivity index (χ0) is 15.9. The Morgan fingerprint density at radius 3 is 2.41 bits per heavy atom. The molecule has 0 bridgehead atoms. The lowest BCUT2D eigenvalue weighted by Crippen LogP contribution is -2.08. The van der Waals surface area contributed by atoms with E-state index in [-0.39, 0.29) is 16.8 Å². The second-order valence-electron chi connectivity index (χ2n) is 5.07. The van der Waals surface area contributed by atoms with E-state index in [2.05, 4.69) is 4.98 Å².